The van der Waals surface area contributed by atoms with Crippen molar-refractivity contribution in [2.45, 2.75) is 84.7 Å². The molecule has 2 saturated carbocycles. The van der Waals surface area contributed by atoms with E-state index >= 15 is 0 Å². The number of nitro groups is 1. The molecule has 4 aliphatic rings. The molecule has 0 N–H and O–H groups in total. The first-order valence-electron chi connectivity index (χ1n) is 13.6. The van der Waals surface area contributed by atoms with Gasteiger partial charge in [-0.2, -0.15) is 0 Å². The van der Waals surface area contributed by atoms with Crippen LogP contribution in [0.5, 0.6) is 5.75 Å². The molecule has 6 atom stereocenters. The van der Waals surface area contributed by atoms with Gasteiger partial charge in [-0.15, -0.1) is 0 Å². The van der Waals surface area contributed by atoms with Crippen LogP contribution in [0, 0.1) is 39.7 Å². The van der Waals surface area contributed by atoms with Crippen LogP contribution in [-0.4, -0.2) is 42.1 Å². The number of hydrogen-bond acceptors (Lipinski definition) is 7. The SMILES string of the molecule is C=C1CC[C@H]2[C@@](C)(CCC3OC(C)(C)OC[C@]32C)C1C/C=C1/C(=O)OC[C@H]1Oc1ccc([N+](=O)[O-])c(C)c1. The quantitative estimate of drug-likeness (QED) is 0.151. The Morgan fingerprint density at radius 3 is 2.68 bits per heavy atom. The molecule has 4 fully saturated rings. The molecule has 1 aromatic rings. The summed E-state index contributed by atoms with van der Waals surface area (Å²) >= 11 is 0. The van der Waals surface area contributed by atoms with Gasteiger partial charge in [0, 0.05) is 17.0 Å². The monoisotopic (exact) mass is 525 g/mol. The molecule has 1 aromatic carbocycles. The van der Waals surface area contributed by atoms with Crippen LogP contribution < -0.4 is 4.74 Å². The Labute approximate surface area is 224 Å². The number of allylic oxidation sites excluding steroid dienone is 2. The standard InChI is InChI=1S/C30H39NO7/c1-18-7-12-25-29(5,14-13-26-30(25,6)17-36-28(3,4)38-26)22(18)10-9-21-24(16-35-27(21)32)37-20-8-11-23(31(33)34)19(2)15-20/h8-9,11,15,22,24-26H,1,7,10,12-14,16-17H2,2-6H3/b21-9+/t22?,24-,25+,26?,29+,30+/m1/s1. The molecule has 2 heterocycles. The molecule has 5 rings (SSSR count). The zero-order chi connectivity index (χ0) is 27.5. The first-order valence-corrected chi connectivity index (χ1v) is 13.6. The average molecular weight is 526 g/mol. The van der Waals surface area contributed by atoms with E-state index in [1.165, 1.54) is 11.6 Å². The van der Waals surface area contributed by atoms with Crippen LogP contribution in [-0.2, 0) is 19.0 Å². The fourth-order valence-corrected chi connectivity index (χ4v) is 7.58. The Morgan fingerprint density at radius 1 is 1.21 bits per heavy atom. The summed E-state index contributed by atoms with van der Waals surface area (Å²) in [6.07, 6.45) is 6.30. The molecule has 2 saturated heterocycles. The van der Waals surface area contributed by atoms with Gasteiger partial charge in [0.2, 0.25) is 0 Å². The highest BCUT2D eigenvalue weighted by Crippen LogP contribution is 2.63. The number of nitro benzene ring substituents is 1. The maximum Gasteiger partial charge on any atom is 0.337 e. The highest BCUT2D eigenvalue weighted by atomic mass is 16.7. The molecule has 8 heteroatoms. The number of aryl methyl sites for hydroxylation is 1. The van der Waals surface area contributed by atoms with Crippen molar-refractivity contribution in [3.63, 3.8) is 0 Å². The van der Waals surface area contributed by atoms with E-state index in [4.69, 9.17) is 18.9 Å². The molecule has 2 aliphatic heterocycles. The minimum Gasteiger partial charge on any atom is -0.482 e. The van der Waals surface area contributed by atoms with Gasteiger partial charge in [0.15, 0.2) is 11.9 Å². The zero-order valence-corrected chi connectivity index (χ0v) is 23.1. The molecular weight excluding hydrogens is 486 g/mol. The van der Waals surface area contributed by atoms with E-state index in [0.29, 0.717) is 35.8 Å². The van der Waals surface area contributed by atoms with Gasteiger partial charge >= 0.3 is 5.97 Å². The number of esters is 1. The molecule has 2 unspecified atom stereocenters. The summed E-state index contributed by atoms with van der Waals surface area (Å²) in [5.41, 5.74) is 2.22. The molecular formula is C30H39NO7. The summed E-state index contributed by atoms with van der Waals surface area (Å²) in [6, 6.07) is 4.62. The highest BCUT2D eigenvalue weighted by molar-refractivity contribution is 5.91. The normalized spacial score (nSPS) is 37.3. The second-order valence-corrected chi connectivity index (χ2v) is 12.5. The molecule has 0 bridgehead atoms. The molecule has 38 heavy (non-hydrogen) atoms. The maximum atomic E-state index is 12.7. The molecule has 8 nitrogen and oxygen atoms in total. The predicted molar refractivity (Wildman–Crippen MR) is 142 cm³/mol. The van der Waals surface area contributed by atoms with Crippen molar-refractivity contribution in [3.8, 4) is 5.75 Å². The van der Waals surface area contributed by atoms with Crippen LogP contribution in [0.25, 0.3) is 0 Å². The van der Waals surface area contributed by atoms with Gasteiger partial charge in [-0.3, -0.25) is 10.1 Å². The lowest BCUT2D eigenvalue weighted by atomic mass is 9.46. The van der Waals surface area contributed by atoms with E-state index in [9.17, 15) is 14.9 Å². The van der Waals surface area contributed by atoms with Crippen LogP contribution in [0.3, 0.4) is 0 Å². The van der Waals surface area contributed by atoms with E-state index in [0.717, 1.165) is 25.7 Å². The second kappa shape index (κ2) is 9.49. The molecule has 0 aromatic heterocycles. The van der Waals surface area contributed by atoms with Crippen molar-refractivity contribution in [3.05, 3.63) is 57.7 Å². The zero-order valence-electron chi connectivity index (χ0n) is 23.1. The fraction of sp³-hybridized carbons (Fsp3) is 0.633. The summed E-state index contributed by atoms with van der Waals surface area (Å²) in [6.45, 7) is 15.6. The Hall–Kier alpha value is -2.71. The van der Waals surface area contributed by atoms with E-state index in [1.807, 2.05) is 19.9 Å². The summed E-state index contributed by atoms with van der Waals surface area (Å²) in [5, 5.41) is 11.2. The number of rotatable bonds is 5. The van der Waals surface area contributed by atoms with Gasteiger partial charge in [0.25, 0.3) is 5.69 Å². The highest BCUT2D eigenvalue weighted by Gasteiger charge is 2.60. The van der Waals surface area contributed by atoms with Crippen LogP contribution >= 0.6 is 0 Å². The Morgan fingerprint density at radius 2 is 1.97 bits per heavy atom. The average Bonchev–Trinajstić information content (AvgIpc) is 3.17. The Balaban J connectivity index is 1.36. The summed E-state index contributed by atoms with van der Waals surface area (Å²) in [4.78, 5) is 23.4. The van der Waals surface area contributed by atoms with Crippen LogP contribution in [0.1, 0.15) is 65.4 Å². The summed E-state index contributed by atoms with van der Waals surface area (Å²) < 4.78 is 24.0. The molecule has 0 radical (unpaired) electrons. The van der Waals surface area contributed by atoms with Crippen molar-refractivity contribution in [1.82, 2.24) is 0 Å². The van der Waals surface area contributed by atoms with Crippen molar-refractivity contribution < 1.29 is 28.7 Å². The third-order valence-electron chi connectivity index (χ3n) is 9.64. The van der Waals surface area contributed by atoms with Gasteiger partial charge in [0.1, 0.15) is 12.4 Å². The predicted octanol–water partition coefficient (Wildman–Crippen LogP) is 6.06. The number of carbonyl (C=O) groups excluding carboxylic acids is 1. The van der Waals surface area contributed by atoms with Gasteiger partial charge in [-0.25, -0.2) is 4.79 Å². The number of carbonyl (C=O) groups is 1. The molecule has 0 amide bonds. The summed E-state index contributed by atoms with van der Waals surface area (Å²) in [5.74, 6) is 0.188. The number of ether oxygens (including phenoxy) is 4. The number of cyclic esters (lactones) is 1. The van der Waals surface area contributed by atoms with Crippen molar-refractivity contribution >= 4 is 11.7 Å². The van der Waals surface area contributed by atoms with Crippen molar-refractivity contribution in [2.75, 3.05) is 13.2 Å². The molecule has 206 valence electrons. The van der Waals surface area contributed by atoms with Crippen LogP contribution in [0.4, 0.5) is 5.69 Å². The topological polar surface area (TPSA) is 97.1 Å². The van der Waals surface area contributed by atoms with Gasteiger partial charge < -0.3 is 18.9 Å². The minimum absolute atomic E-state index is 0.0141. The number of hydrogen-bond donors (Lipinski definition) is 0. The minimum atomic E-state index is -0.556. The lowest BCUT2D eigenvalue weighted by Crippen LogP contribution is -2.62. The van der Waals surface area contributed by atoms with Crippen LogP contribution in [0.2, 0.25) is 0 Å². The van der Waals surface area contributed by atoms with Crippen LogP contribution in [0.15, 0.2) is 42.0 Å². The Bertz CT molecular complexity index is 1190. The van der Waals surface area contributed by atoms with Crippen molar-refractivity contribution in [2.24, 2.45) is 22.7 Å². The molecule has 0 spiro atoms. The third-order valence-corrected chi connectivity index (χ3v) is 9.64. The number of fused-ring (bicyclic) bond motifs is 3. The van der Waals surface area contributed by atoms with Gasteiger partial charge in [0.05, 0.1) is 23.2 Å². The fourth-order valence-electron chi connectivity index (χ4n) is 7.58. The molecule has 2 aliphatic carbocycles. The lowest BCUT2D eigenvalue weighted by molar-refractivity contribution is -0.385. The number of benzene rings is 1. The second-order valence-electron chi connectivity index (χ2n) is 12.5. The van der Waals surface area contributed by atoms with Gasteiger partial charge in [-0.1, -0.05) is 32.1 Å². The first-order chi connectivity index (χ1) is 17.8. The van der Waals surface area contributed by atoms with E-state index < -0.39 is 16.8 Å². The summed E-state index contributed by atoms with van der Waals surface area (Å²) in [7, 11) is 0. The Kier molecular flexibility index (Phi) is 6.71. The van der Waals surface area contributed by atoms with Gasteiger partial charge in [-0.05, 0) is 82.3 Å². The first kappa shape index (κ1) is 26.9. The van der Waals surface area contributed by atoms with E-state index in [2.05, 4.69) is 20.4 Å². The maximum absolute atomic E-state index is 12.7. The van der Waals surface area contributed by atoms with E-state index in [1.54, 1.807) is 19.1 Å². The lowest BCUT2D eigenvalue weighted by Gasteiger charge is -2.63. The van der Waals surface area contributed by atoms with E-state index in [-0.39, 0.29) is 41.1 Å². The van der Waals surface area contributed by atoms with Crippen molar-refractivity contribution in [1.29, 1.82) is 0 Å². The largest absolute Gasteiger partial charge is 0.482 e. The third kappa shape index (κ3) is 4.56. The number of nitrogens with zero attached hydrogens (tertiary/aromatic N) is 1. The smallest absolute Gasteiger partial charge is 0.337 e.